The summed E-state index contributed by atoms with van der Waals surface area (Å²) in [7, 11) is 2.89. The van der Waals surface area contributed by atoms with Crippen molar-refractivity contribution in [2.75, 3.05) is 20.8 Å². The van der Waals surface area contributed by atoms with Gasteiger partial charge < -0.3 is 14.2 Å². The molecule has 2 aromatic carbocycles. The molecule has 7 nitrogen and oxygen atoms in total. The van der Waals surface area contributed by atoms with E-state index < -0.39 is 11.8 Å². The maximum absolute atomic E-state index is 12.3. The predicted octanol–water partition coefficient (Wildman–Crippen LogP) is 1.85. The van der Waals surface area contributed by atoms with E-state index in [1.807, 2.05) is 25.1 Å². The quantitative estimate of drug-likeness (QED) is 0.781. The minimum atomic E-state index is -0.557. The maximum Gasteiger partial charge on any atom is 0.277 e. The zero-order chi connectivity index (χ0) is 18.2. The van der Waals surface area contributed by atoms with Crippen LogP contribution in [0.2, 0.25) is 0 Å². The molecule has 2 aromatic rings. The standard InChI is InChI=1S/C18H20N2O5/c1-12-6-4-7-13(10-12)25-11-16(21)19-20-18(22)17-14(23-2)8-5-9-15(17)24-3/h4-10H,11H2,1-3H3,(H,19,21)(H,20,22). The van der Waals surface area contributed by atoms with Gasteiger partial charge in [-0.1, -0.05) is 18.2 Å². The Labute approximate surface area is 145 Å². The van der Waals surface area contributed by atoms with E-state index in [4.69, 9.17) is 14.2 Å². The molecule has 0 aliphatic rings. The van der Waals surface area contributed by atoms with Crippen LogP contribution < -0.4 is 25.1 Å². The number of benzene rings is 2. The van der Waals surface area contributed by atoms with Gasteiger partial charge in [0.1, 0.15) is 22.8 Å². The van der Waals surface area contributed by atoms with Gasteiger partial charge >= 0.3 is 0 Å². The van der Waals surface area contributed by atoms with Gasteiger partial charge in [0.25, 0.3) is 11.8 Å². The van der Waals surface area contributed by atoms with Crippen LogP contribution in [0.4, 0.5) is 0 Å². The second-order valence-electron chi connectivity index (χ2n) is 5.15. The molecule has 2 N–H and O–H groups in total. The van der Waals surface area contributed by atoms with Crippen LogP contribution in [0.5, 0.6) is 17.2 Å². The van der Waals surface area contributed by atoms with Gasteiger partial charge in [-0.25, -0.2) is 0 Å². The summed E-state index contributed by atoms with van der Waals surface area (Å²) in [6.45, 7) is 1.70. The number of hydrogen-bond donors (Lipinski definition) is 2. The molecule has 0 fully saturated rings. The number of ether oxygens (including phenoxy) is 3. The first kappa shape index (κ1) is 18.1. The van der Waals surface area contributed by atoms with Crippen LogP contribution in [0.15, 0.2) is 42.5 Å². The van der Waals surface area contributed by atoms with Gasteiger partial charge in [0.2, 0.25) is 0 Å². The number of carbonyl (C=O) groups is 2. The van der Waals surface area contributed by atoms with Gasteiger partial charge in [-0.2, -0.15) is 0 Å². The fraction of sp³-hybridized carbons (Fsp3) is 0.222. The molecule has 0 saturated heterocycles. The Morgan fingerprint density at radius 1 is 0.960 bits per heavy atom. The number of methoxy groups -OCH3 is 2. The van der Waals surface area contributed by atoms with Gasteiger partial charge in [-0.05, 0) is 36.8 Å². The molecule has 2 rings (SSSR count). The van der Waals surface area contributed by atoms with Crippen LogP contribution in [0.1, 0.15) is 15.9 Å². The monoisotopic (exact) mass is 344 g/mol. The first-order valence-electron chi connectivity index (χ1n) is 7.54. The van der Waals surface area contributed by atoms with Crippen molar-refractivity contribution in [3.63, 3.8) is 0 Å². The van der Waals surface area contributed by atoms with Gasteiger partial charge in [0.05, 0.1) is 14.2 Å². The molecular weight excluding hydrogens is 324 g/mol. The van der Waals surface area contributed by atoms with Crippen molar-refractivity contribution in [1.82, 2.24) is 10.9 Å². The molecule has 0 atom stereocenters. The summed E-state index contributed by atoms with van der Waals surface area (Å²) in [5.74, 6) is 0.194. The highest BCUT2D eigenvalue weighted by Crippen LogP contribution is 2.27. The molecule has 25 heavy (non-hydrogen) atoms. The number of aryl methyl sites for hydroxylation is 1. The van der Waals surface area contributed by atoms with Crippen LogP contribution in [-0.2, 0) is 4.79 Å². The van der Waals surface area contributed by atoms with E-state index in [0.29, 0.717) is 17.2 Å². The van der Waals surface area contributed by atoms with E-state index in [1.54, 1.807) is 24.3 Å². The van der Waals surface area contributed by atoms with Gasteiger partial charge in [-0.3, -0.25) is 20.4 Å². The van der Waals surface area contributed by atoms with Crippen molar-refractivity contribution < 1.29 is 23.8 Å². The lowest BCUT2D eigenvalue weighted by Crippen LogP contribution is -2.44. The van der Waals surface area contributed by atoms with E-state index in [-0.39, 0.29) is 12.2 Å². The second kappa shape index (κ2) is 8.58. The molecule has 0 aliphatic carbocycles. The number of amides is 2. The Hall–Kier alpha value is -3.22. The fourth-order valence-electron chi connectivity index (χ4n) is 2.15. The van der Waals surface area contributed by atoms with E-state index in [9.17, 15) is 9.59 Å². The SMILES string of the molecule is COc1cccc(OC)c1C(=O)NNC(=O)COc1cccc(C)c1. The summed E-state index contributed by atoms with van der Waals surface area (Å²) in [6, 6.07) is 12.3. The third-order valence-corrected chi connectivity index (χ3v) is 3.33. The van der Waals surface area contributed by atoms with Crippen LogP contribution in [0.25, 0.3) is 0 Å². The highest BCUT2D eigenvalue weighted by atomic mass is 16.5. The second-order valence-corrected chi connectivity index (χ2v) is 5.15. The summed E-state index contributed by atoms with van der Waals surface area (Å²) < 4.78 is 15.7. The highest BCUT2D eigenvalue weighted by molar-refractivity contribution is 6.00. The van der Waals surface area contributed by atoms with Crippen LogP contribution in [0, 0.1) is 6.92 Å². The van der Waals surface area contributed by atoms with E-state index in [2.05, 4.69) is 10.9 Å². The average molecular weight is 344 g/mol. The van der Waals surface area contributed by atoms with Crippen molar-refractivity contribution in [2.45, 2.75) is 6.92 Å². The van der Waals surface area contributed by atoms with Gasteiger partial charge in [0.15, 0.2) is 6.61 Å². The molecule has 2 amide bonds. The highest BCUT2D eigenvalue weighted by Gasteiger charge is 2.18. The molecule has 7 heteroatoms. The Balaban J connectivity index is 1.92. The smallest absolute Gasteiger partial charge is 0.277 e. The Bertz CT molecular complexity index is 739. The molecule has 0 saturated carbocycles. The number of carbonyl (C=O) groups excluding carboxylic acids is 2. The Morgan fingerprint density at radius 3 is 2.20 bits per heavy atom. The minimum absolute atomic E-state index is 0.187. The number of nitrogens with one attached hydrogen (secondary N) is 2. The fourth-order valence-corrected chi connectivity index (χ4v) is 2.15. The van der Waals surface area contributed by atoms with Crippen LogP contribution in [-0.4, -0.2) is 32.6 Å². The first-order valence-corrected chi connectivity index (χ1v) is 7.54. The van der Waals surface area contributed by atoms with Crippen LogP contribution >= 0.6 is 0 Å². The van der Waals surface area contributed by atoms with Crippen LogP contribution in [0.3, 0.4) is 0 Å². The number of hydrogen-bond acceptors (Lipinski definition) is 5. The predicted molar refractivity (Wildman–Crippen MR) is 91.8 cm³/mol. The molecule has 0 spiro atoms. The normalized spacial score (nSPS) is 9.88. The summed E-state index contributed by atoms with van der Waals surface area (Å²) in [5.41, 5.74) is 5.82. The van der Waals surface area contributed by atoms with Crippen molar-refractivity contribution in [3.05, 3.63) is 53.6 Å². The largest absolute Gasteiger partial charge is 0.496 e. The molecule has 132 valence electrons. The van der Waals surface area contributed by atoms with Crippen molar-refractivity contribution in [2.24, 2.45) is 0 Å². The molecule has 0 unspecified atom stereocenters. The number of rotatable bonds is 6. The summed E-state index contributed by atoms with van der Waals surface area (Å²) in [4.78, 5) is 24.1. The van der Waals surface area contributed by atoms with Crippen molar-refractivity contribution in [1.29, 1.82) is 0 Å². The number of hydrazine groups is 1. The summed E-state index contributed by atoms with van der Waals surface area (Å²) in [5, 5.41) is 0. The lowest BCUT2D eigenvalue weighted by molar-refractivity contribution is -0.123. The van der Waals surface area contributed by atoms with Gasteiger partial charge in [-0.15, -0.1) is 0 Å². The molecule has 0 aliphatic heterocycles. The Kier molecular flexibility index (Phi) is 6.22. The lowest BCUT2D eigenvalue weighted by Gasteiger charge is -2.13. The zero-order valence-corrected chi connectivity index (χ0v) is 14.3. The maximum atomic E-state index is 12.3. The molecular formula is C18H20N2O5. The Morgan fingerprint density at radius 2 is 1.60 bits per heavy atom. The third kappa shape index (κ3) is 4.87. The molecule has 0 radical (unpaired) electrons. The third-order valence-electron chi connectivity index (χ3n) is 3.33. The summed E-state index contributed by atoms with van der Waals surface area (Å²) >= 11 is 0. The topological polar surface area (TPSA) is 85.9 Å². The van der Waals surface area contributed by atoms with Crippen molar-refractivity contribution in [3.8, 4) is 17.2 Å². The lowest BCUT2D eigenvalue weighted by atomic mass is 10.1. The first-order chi connectivity index (χ1) is 12.0. The molecule has 0 heterocycles. The molecule has 0 bridgehead atoms. The van der Waals surface area contributed by atoms with Gasteiger partial charge in [0, 0.05) is 0 Å². The van der Waals surface area contributed by atoms with E-state index in [1.165, 1.54) is 14.2 Å². The molecule has 0 aromatic heterocycles. The summed E-state index contributed by atoms with van der Waals surface area (Å²) in [6.07, 6.45) is 0. The van der Waals surface area contributed by atoms with E-state index in [0.717, 1.165) is 5.56 Å². The van der Waals surface area contributed by atoms with Crippen molar-refractivity contribution >= 4 is 11.8 Å². The average Bonchev–Trinajstić information content (AvgIpc) is 2.63. The zero-order valence-electron chi connectivity index (χ0n) is 14.3. The minimum Gasteiger partial charge on any atom is -0.496 e. The van der Waals surface area contributed by atoms with E-state index >= 15 is 0 Å².